The van der Waals surface area contributed by atoms with Gasteiger partial charge < -0.3 is 26.4 Å². The minimum absolute atomic E-state index is 0.249. The number of hydrogen-bond acceptors (Lipinski definition) is 7. The van der Waals surface area contributed by atoms with Crippen LogP contribution >= 0.6 is 0 Å². The molecule has 0 amide bonds. The summed E-state index contributed by atoms with van der Waals surface area (Å²) < 4.78 is 0. The molecule has 180 valence electrons. The number of aliphatic hydroxyl groups is 1. The Morgan fingerprint density at radius 3 is 1.97 bits per heavy atom. The number of anilines is 2. The Labute approximate surface area is 188 Å². The van der Waals surface area contributed by atoms with Gasteiger partial charge in [-0.05, 0) is 39.4 Å². The molecule has 0 radical (unpaired) electrons. The number of nitrogens with two attached hydrogens (primary N) is 1. The highest BCUT2D eigenvalue weighted by molar-refractivity contribution is 5.73. The van der Waals surface area contributed by atoms with Gasteiger partial charge >= 0.3 is 0 Å². The van der Waals surface area contributed by atoms with Gasteiger partial charge in [0.2, 0.25) is 0 Å². The maximum Gasteiger partial charge on any atom is 0.253 e. The van der Waals surface area contributed by atoms with Crippen molar-refractivity contribution < 1.29 is 5.11 Å². The van der Waals surface area contributed by atoms with Gasteiger partial charge in [0.25, 0.3) is 10.9 Å². The number of nitrogens with zero attached hydrogens (tertiary/aromatic N) is 1. The Hall–Kier alpha value is -1.44. The van der Waals surface area contributed by atoms with Crippen LogP contribution in [0, 0.1) is 0 Å². The molecule has 0 spiro atoms. The van der Waals surface area contributed by atoms with E-state index in [-0.39, 0.29) is 6.54 Å². The zero-order valence-electron chi connectivity index (χ0n) is 19.9. The number of likely N-dealkylation sites (N-methyl/N-ethyl adjacent to an activating group) is 1. The van der Waals surface area contributed by atoms with Gasteiger partial charge in [-0.3, -0.25) is 9.59 Å². The summed E-state index contributed by atoms with van der Waals surface area (Å²) >= 11 is 0. The molecule has 0 heterocycles. The van der Waals surface area contributed by atoms with E-state index in [9.17, 15) is 14.7 Å². The van der Waals surface area contributed by atoms with Crippen LogP contribution in [0.1, 0.15) is 84.0 Å². The zero-order valence-corrected chi connectivity index (χ0v) is 19.9. The summed E-state index contributed by atoms with van der Waals surface area (Å²) in [7, 11) is 1.95. The summed E-state index contributed by atoms with van der Waals surface area (Å²) in [6.45, 7) is 5.25. The van der Waals surface area contributed by atoms with Crippen molar-refractivity contribution >= 4 is 11.4 Å². The summed E-state index contributed by atoms with van der Waals surface area (Å²) in [6, 6.07) is 0. The first-order chi connectivity index (χ1) is 15.0. The molecule has 0 aromatic heterocycles. The van der Waals surface area contributed by atoms with E-state index in [1.165, 1.54) is 51.4 Å². The van der Waals surface area contributed by atoms with Crippen LogP contribution in [0.4, 0.5) is 11.4 Å². The summed E-state index contributed by atoms with van der Waals surface area (Å²) in [6.07, 6.45) is 14.0. The van der Waals surface area contributed by atoms with Crippen molar-refractivity contribution in [2.45, 2.75) is 90.1 Å². The van der Waals surface area contributed by atoms with E-state index < -0.39 is 17.0 Å². The van der Waals surface area contributed by atoms with E-state index in [1.807, 2.05) is 7.05 Å². The predicted molar refractivity (Wildman–Crippen MR) is 132 cm³/mol. The summed E-state index contributed by atoms with van der Waals surface area (Å²) in [5.41, 5.74) is 5.25. The Morgan fingerprint density at radius 2 is 1.39 bits per heavy atom. The molecular weight excluding hydrogens is 392 g/mol. The molecule has 1 aromatic rings. The molecule has 1 rings (SSSR count). The first-order valence-corrected chi connectivity index (χ1v) is 12.4. The van der Waals surface area contributed by atoms with Crippen LogP contribution in [0.25, 0.3) is 0 Å². The van der Waals surface area contributed by atoms with Gasteiger partial charge in [-0.15, -0.1) is 0 Å². The van der Waals surface area contributed by atoms with Crippen molar-refractivity contribution in [2.75, 3.05) is 50.4 Å². The van der Waals surface area contributed by atoms with Crippen LogP contribution in [0.2, 0.25) is 0 Å². The van der Waals surface area contributed by atoms with Gasteiger partial charge in [-0.2, -0.15) is 0 Å². The fourth-order valence-corrected chi connectivity index (χ4v) is 3.82. The molecule has 1 aromatic carbocycles. The van der Waals surface area contributed by atoms with Crippen LogP contribution in [0.5, 0.6) is 0 Å². The molecule has 1 unspecified atom stereocenters. The van der Waals surface area contributed by atoms with Crippen LogP contribution in [0.3, 0.4) is 0 Å². The highest BCUT2D eigenvalue weighted by Gasteiger charge is 2.21. The Bertz CT molecular complexity index is 643. The van der Waals surface area contributed by atoms with Crippen LogP contribution in [-0.4, -0.2) is 55.9 Å². The van der Waals surface area contributed by atoms with Gasteiger partial charge in [-0.25, -0.2) is 0 Å². The lowest BCUT2D eigenvalue weighted by Gasteiger charge is -2.22. The molecule has 0 aliphatic carbocycles. The van der Waals surface area contributed by atoms with Gasteiger partial charge in [-0.1, -0.05) is 64.7 Å². The topological polar surface area (TPSA) is 108 Å². The highest BCUT2D eigenvalue weighted by Crippen LogP contribution is 2.15. The maximum absolute atomic E-state index is 11.9. The SMILES string of the molecule is CCCCCCCCCCCCNc1c(NCC(O)CN(C)CCCCN)c(=O)c1=O. The number of rotatable bonds is 21. The number of aliphatic hydroxyl groups excluding tert-OH is 1. The average Bonchev–Trinajstić information content (AvgIpc) is 2.75. The lowest BCUT2D eigenvalue weighted by Crippen LogP contribution is -2.40. The van der Waals surface area contributed by atoms with Gasteiger partial charge in [0.15, 0.2) is 0 Å². The van der Waals surface area contributed by atoms with Crippen LogP contribution in [-0.2, 0) is 0 Å². The van der Waals surface area contributed by atoms with Gasteiger partial charge in [0.1, 0.15) is 11.4 Å². The van der Waals surface area contributed by atoms with E-state index in [4.69, 9.17) is 5.73 Å². The Morgan fingerprint density at radius 1 is 0.839 bits per heavy atom. The van der Waals surface area contributed by atoms with Crippen LogP contribution in [0.15, 0.2) is 9.59 Å². The summed E-state index contributed by atoms with van der Waals surface area (Å²) in [4.78, 5) is 25.8. The third-order valence-corrected chi connectivity index (χ3v) is 5.77. The third kappa shape index (κ3) is 11.7. The second-order valence-electron chi connectivity index (χ2n) is 8.81. The number of nitrogens with one attached hydrogen (secondary N) is 2. The van der Waals surface area contributed by atoms with Crippen molar-refractivity contribution in [3.8, 4) is 0 Å². The van der Waals surface area contributed by atoms with E-state index in [0.717, 1.165) is 32.2 Å². The van der Waals surface area contributed by atoms with Crippen molar-refractivity contribution in [3.63, 3.8) is 0 Å². The van der Waals surface area contributed by atoms with Crippen molar-refractivity contribution in [2.24, 2.45) is 5.73 Å². The fourth-order valence-electron chi connectivity index (χ4n) is 3.82. The monoisotopic (exact) mass is 438 g/mol. The van der Waals surface area contributed by atoms with Gasteiger partial charge in [0.05, 0.1) is 6.10 Å². The number of hydrogen-bond donors (Lipinski definition) is 4. The minimum Gasteiger partial charge on any atom is -0.390 e. The maximum atomic E-state index is 11.9. The molecule has 0 saturated carbocycles. The van der Waals surface area contributed by atoms with E-state index in [2.05, 4.69) is 22.5 Å². The first kappa shape index (κ1) is 27.6. The zero-order chi connectivity index (χ0) is 22.9. The molecule has 31 heavy (non-hydrogen) atoms. The van der Waals surface area contributed by atoms with Gasteiger partial charge in [0, 0.05) is 19.6 Å². The molecule has 0 aliphatic heterocycles. The molecule has 0 saturated heterocycles. The highest BCUT2D eigenvalue weighted by atomic mass is 16.3. The smallest absolute Gasteiger partial charge is 0.253 e. The fraction of sp³-hybridized carbons (Fsp3) is 0.833. The number of unbranched alkanes of at least 4 members (excludes halogenated alkanes) is 10. The van der Waals surface area contributed by atoms with Crippen molar-refractivity contribution in [1.82, 2.24) is 4.90 Å². The molecular formula is C24H46N4O3. The molecule has 1 atom stereocenters. The minimum atomic E-state index is -0.609. The third-order valence-electron chi connectivity index (χ3n) is 5.77. The second kappa shape index (κ2) is 17.2. The van der Waals surface area contributed by atoms with Crippen molar-refractivity contribution in [3.05, 3.63) is 20.4 Å². The second-order valence-corrected chi connectivity index (χ2v) is 8.81. The normalized spacial score (nSPS) is 12.5. The van der Waals surface area contributed by atoms with E-state index in [1.54, 1.807) is 0 Å². The average molecular weight is 439 g/mol. The van der Waals surface area contributed by atoms with E-state index >= 15 is 0 Å². The first-order valence-electron chi connectivity index (χ1n) is 12.4. The predicted octanol–water partition coefficient (Wildman–Crippen LogP) is 3.06. The molecule has 7 heteroatoms. The molecule has 0 fully saturated rings. The molecule has 0 bridgehead atoms. The quantitative estimate of drug-likeness (QED) is 0.173. The lowest BCUT2D eigenvalue weighted by atomic mass is 10.1. The summed E-state index contributed by atoms with van der Waals surface area (Å²) in [5, 5.41) is 16.3. The molecule has 7 nitrogen and oxygen atoms in total. The lowest BCUT2D eigenvalue weighted by molar-refractivity contribution is 0.135. The largest absolute Gasteiger partial charge is 0.390 e. The molecule has 5 N–H and O–H groups in total. The van der Waals surface area contributed by atoms with Crippen molar-refractivity contribution in [1.29, 1.82) is 0 Å². The molecule has 0 aliphatic rings. The Kier molecular flexibility index (Phi) is 15.3. The van der Waals surface area contributed by atoms with E-state index in [0.29, 0.717) is 31.0 Å². The standard InChI is InChI=1S/C24H46N4O3/c1-3-4-5-6-7-8-9-10-11-13-16-26-21-22(24(31)23(21)30)27-18-20(29)19-28(2)17-14-12-15-25/h20,26-27,29H,3-19,25H2,1-2H3. The Balaban J connectivity index is 2.17. The van der Waals surface area contributed by atoms with Crippen LogP contribution < -0.4 is 27.2 Å². The summed E-state index contributed by atoms with van der Waals surface area (Å²) in [5.74, 6) is 0.